The molecule has 2 aliphatic heterocycles. The van der Waals surface area contributed by atoms with Crippen LogP contribution in [0.15, 0.2) is 52.2 Å². The Labute approximate surface area is 163 Å². The number of imide groups is 1. The number of aromatic nitrogens is 1. The predicted molar refractivity (Wildman–Crippen MR) is 110 cm³/mol. The van der Waals surface area contributed by atoms with Crippen LogP contribution in [0.5, 0.6) is 0 Å². The minimum absolute atomic E-state index is 0.272. The maximum Gasteiger partial charge on any atom is 0.331 e. The number of aliphatic imine (C=N–C) groups is 2. The average molecular weight is 377 g/mol. The highest BCUT2D eigenvalue weighted by Gasteiger charge is 2.45. The normalized spacial score (nSPS) is 21.2. The molecular formula is C21H23N5O2. The largest absolute Gasteiger partial charge is 0.361 e. The Morgan fingerprint density at radius 3 is 2.75 bits per heavy atom. The van der Waals surface area contributed by atoms with Gasteiger partial charge in [-0.05, 0) is 30.0 Å². The zero-order valence-electron chi connectivity index (χ0n) is 16.3. The molecule has 28 heavy (non-hydrogen) atoms. The molecule has 0 aliphatic carbocycles. The Morgan fingerprint density at radius 1 is 1.18 bits per heavy atom. The number of nitrogens with one attached hydrogen (secondary N) is 1. The van der Waals surface area contributed by atoms with E-state index in [2.05, 4.69) is 22.1 Å². The summed E-state index contributed by atoms with van der Waals surface area (Å²) < 4.78 is 0. The maximum absolute atomic E-state index is 12.8. The van der Waals surface area contributed by atoms with E-state index in [4.69, 9.17) is 4.99 Å². The molecule has 1 aromatic heterocycles. The maximum atomic E-state index is 12.8. The first-order chi connectivity index (χ1) is 13.5. The van der Waals surface area contributed by atoms with Crippen LogP contribution in [-0.2, 0) is 11.2 Å². The molecule has 4 rings (SSSR count). The summed E-state index contributed by atoms with van der Waals surface area (Å²) in [5.41, 5.74) is 3.97. The van der Waals surface area contributed by atoms with Crippen LogP contribution in [-0.4, -0.2) is 58.9 Å². The molecule has 0 bridgehead atoms. The molecule has 2 aliphatic rings. The molecule has 3 amide bonds. The van der Waals surface area contributed by atoms with E-state index in [1.807, 2.05) is 25.3 Å². The lowest BCUT2D eigenvalue weighted by atomic mass is 9.89. The summed E-state index contributed by atoms with van der Waals surface area (Å²) in [7, 11) is 3.15. The Morgan fingerprint density at radius 2 is 1.96 bits per heavy atom. The zero-order chi connectivity index (χ0) is 19.8. The van der Waals surface area contributed by atoms with Crippen LogP contribution in [0.1, 0.15) is 18.9 Å². The van der Waals surface area contributed by atoms with Gasteiger partial charge in [0.05, 0.1) is 5.71 Å². The van der Waals surface area contributed by atoms with Crippen molar-refractivity contribution in [2.75, 3.05) is 20.6 Å². The highest BCUT2D eigenvalue weighted by molar-refractivity contribution is 6.33. The lowest BCUT2D eigenvalue weighted by Crippen LogP contribution is -2.59. The van der Waals surface area contributed by atoms with Crippen molar-refractivity contribution in [1.82, 2.24) is 14.8 Å². The van der Waals surface area contributed by atoms with Crippen molar-refractivity contribution < 1.29 is 9.59 Å². The summed E-state index contributed by atoms with van der Waals surface area (Å²) in [6, 6.07) is 7.81. The van der Waals surface area contributed by atoms with E-state index >= 15 is 0 Å². The third-order valence-electron chi connectivity index (χ3n) is 5.43. The van der Waals surface area contributed by atoms with Crippen LogP contribution >= 0.6 is 0 Å². The Balaban J connectivity index is 1.63. The molecule has 2 aromatic rings. The second-order valence-corrected chi connectivity index (χ2v) is 7.04. The van der Waals surface area contributed by atoms with Crippen LogP contribution in [0, 0.1) is 5.92 Å². The van der Waals surface area contributed by atoms with Gasteiger partial charge >= 0.3 is 6.03 Å². The van der Waals surface area contributed by atoms with Crippen LogP contribution in [0.25, 0.3) is 10.9 Å². The standard InChI is InChI=1S/C21H23N5O2/c1-4-13-11-24-19-17(20(27)26(3)21(28)25(19)2)18(13)22-10-9-14-12-23-16-8-6-5-7-15(14)16/h5-8,11-12,17,23H,4,9-10H2,1-3H3. The summed E-state index contributed by atoms with van der Waals surface area (Å²) >= 11 is 0. The Hall–Kier alpha value is -3.22. The van der Waals surface area contributed by atoms with Crippen LogP contribution in [0.3, 0.4) is 0 Å². The van der Waals surface area contributed by atoms with E-state index in [0.717, 1.165) is 34.5 Å². The molecule has 7 nitrogen and oxygen atoms in total. The average Bonchev–Trinajstić information content (AvgIpc) is 3.13. The summed E-state index contributed by atoms with van der Waals surface area (Å²) in [4.78, 5) is 40.1. The number of urea groups is 1. The van der Waals surface area contributed by atoms with Gasteiger partial charge in [-0.1, -0.05) is 25.1 Å². The molecule has 1 aromatic carbocycles. The third-order valence-corrected chi connectivity index (χ3v) is 5.43. The zero-order valence-corrected chi connectivity index (χ0v) is 16.3. The summed E-state index contributed by atoms with van der Waals surface area (Å²) in [5.74, 6) is -0.432. The van der Waals surface area contributed by atoms with Crippen LogP contribution in [0.4, 0.5) is 4.79 Å². The minimum Gasteiger partial charge on any atom is -0.361 e. The van der Waals surface area contributed by atoms with Gasteiger partial charge in [-0.3, -0.25) is 19.6 Å². The number of amidine groups is 1. The third kappa shape index (κ3) is 2.83. The molecule has 1 unspecified atom stereocenters. The number of para-hydroxylation sites is 1. The minimum atomic E-state index is -0.615. The number of H-pyrrole nitrogens is 1. The van der Waals surface area contributed by atoms with Crippen molar-refractivity contribution in [2.45, 2.75) is 19.8 Å². The fraction of sp³-hybridized carbons (Fsp3) is 0.333. The predicted octanol–water partition coefficient (Wildman–Crippen LogP) is 3.00. The molecule has 1 atom stereocenters. The molecule has 7 heteroatoms. The molecule has 3 heterocycles. The molecule has 0 saturated carbocycles. The topological polar surface area (TPSA) is 81.1 Å². The molecule has 1 fully saturated rings. The second kappa shape index (κ2) is 7.07. The van der Waals surface area contributed by atoms with Crippen molar-refractivity contribution in [3.05, 3.63) is 47.8 Å². The lowest BCUT2D eigenvalue weighted by Gasteiger charge is -2.37. The fourth-order valence-corrected chi connectivity index (χ4v) is 3.81. The highest BCUT2D eigenvalue weighted by Crippen LogP contribution is 2.27. The molecule has 1 N–H and O–H groups in total. The van der Waals surface area contributed by atoms with Crippen molar-refractivity contribution >= 4 is 34.4 Å². The number of benzene rings is 1. The number of fused-ring (bicyclic) bond motifs is 2. The molecule has 0 radical (unpaired) electrons. The number of carbonyl (C=O) groups is 2. The van der Waals surface area contributed by atoms with Crippen LogP contribution in [0.2, 0.25) is 0 Å². The smallest absolute Gasteiger partial charge is 0.331 e. The SMILES string of the molecule is CCC1=CN=C2C(C(=O)N(C)C(=O)N2C)C1=NCCc1c[nH]c2ccccc12. The number of amides is 3. The van der Waals surface area contributed by atoms with Gasteiger partial charge in [-0.15, -0.1) is 0 Å². The summed E-state index contributed by atoms with van der Waals surface area (Å²) in [5, 5.41) is 1.19. The fourth-order valence-electron chi connectivity index (χ4n) is 3.81. The number of aromatic amines is 1. The van der Waals surface area contributed by atoms with E-state index in [1.54, 1.807) is 13.2 Å². The van der Waals surface area contributed by atoms with Crippen molar-refractivity contribution in [3.63, 3.8) is 0 Å². The second-order valence-electron chi connectivity index (χ2n) is 7.04. The summed E-state index contributed by atoms with van der Waals surface area (Å²) in [6.45, 7) is 2.58. The monoisotopic (exact) mass is 377 g/mol. The number of hydrogen-bond acceptors (Lipinski definition) is 4. The Bertz CT molecular complexity index is 1050. The quantitative estimate of drug-likeness (QED) is 0.889. The lowest BCUT2D eigenvalue weighted by molar-refractivity contribution is -0.128. The Kier molecular flexibility index (Phi) is 4.58. The van der Waals surface area contributed by atoms with E-state index in [-0.39, 0.29) is 11.9 Å². The number of nitrogens with zero attached hydrogens (tertiary/aromatic N) is 4. The van der Waals surface area contributed by atoms with Gasteiger partial charge in [0.1, 0.15) is 11.8 Å². The molecular weight excluding hydrogens is 354 g/mol. The van der Waals surface area contributed by atoms with Crippen molar-refractivity contribution in [2.24, 2.45) is 15.9 Å². The highest BCUT2D eigenvalue weighted by atomic mass is 16.2. The van der Waals surface area contributed by atoms with Gasteiger partial charge in [-0.2, -0.15) is 0 Å². The van der Waals surface area contributed by atoms with E-state index in [1.165, 1.54) is 22.9 Å². The van der Waals surface area contributed by atoms with Crippen molar-refractivity contribution in [1.29, 1.82) is 0 Å². The molecule has 0 spiro atoms. The first kappa shape index (κ1) is 18.2. The van der Waals surface area contributed by atoms with Crippen LogP contribution < -0.4 is 0 Å². The van der Waals surface area contributed by atoms with Gasteiger partial charge in [-0.25, -0.2) is 9.79 Å². The number of allylic oxidation sites excluding steroid dienone is 1. The first-order valence-corrected chi connectivity index (χ1v) is 9.44. The van der Waals surface area contributed by atoms with Gasteiger partial charge in [0.25, 0.3) is 0 Å². The number of hydrogen-bond donors (Lipinski definition) is 1. The van der Waals surface area contributed by atoms with Crippen molar-refractivity contribution in [3.8, 4) is 0 Å². The number of rotatable bonds is 4. The molecule has 144 valence electrons. The van der Waals surface area contributed by atoms with Gasteiger partial charge in [0.2, 0.25) is 5.91 Å². The number of carbonyl (C=O) groups excluding carboxylic acids is 2. The van der Waals surface area contributed by atoms with Gasteiger partial charge in [0.15, 0.2) is 0 Å². The van der Waals surface area contributed by atoms with E-state index in [0.29, 0.717) is 12.4 Å². The van der Waals surface area contributed by atoms with E-state index in [9.17, 15) is 9.59 Å². The van der Waals surface area contributed by atoms with Gasteiger partial charge in [0, 0.05) is 43.9 Å². The first-order valence-electron chi connectivity index (χ1n) is 9.44. The summed E-state index contributed by atoms with van der Waals surface area (Å²) in [6.07, 6.45) is 5.25. The molecule has 1 saturated heterocycles. The van der Waals surface area contributed by atoms with E-state index < -0.39 is 5.92 Å². The van der Waals surface area contributed by atoms with Gasteiger partial charge < -0.3 is 4.98 Å².